The van der Waals surface area contributed by atoms with Crippen molar-refractivity contribution < 1.29 is 9.59 Å². The number of rotatable bonds is 4. The van der Waals surface area contributed by atoms with Gasteiger partial charge in [0.15, 0.2) is 0 Å². The quantitative estimate of drug-likeness (QED) is 0.543. The summed E-state index contributed by atoms with van der Waals surface area (Å²) < 4.78 is 0. The molecule has 3 rings (SSSR count). The van der Waals surface area contributed by atoms with Gasteiger partial charge in [-0.2, -0.15) is 0 Å². The molecule has 0 aliphatic rings. The number of nitrogens with one attached hydrogen (secondary N) is 2. The molecule has 6 nitrogen and oxygen atoms in total. The van der Waals surface area contributed by atoms with Crippen LogP contribution in [0.2, 0.25) is 0 Å². The van der Waals surface area contributed by atoms with Gasteiger partial charge in [-0.05, 0) is 48.5 Å². The van der Waals surface area contributed by atoms with Crippen molar-refractivity contribution in [2.45, 2.75) is 0 Å². The van der Waals surface area contributed by atoms with Crippen LogP contribution in [0.15, 0.2) is 72.8 Å². The number of para-hydroxylation sites is 2. The second-order valence-electron chi connectivity index (χ2n) is 5.66. The van der Waals surface area contributed by atoms with Crippen molar-refractivity contribution in [2.75, 3.05) is 22.1 Å². The zero-order chi connectivity index (χ0) is 18.5. The number of amides is 2. The van der Waals surface area contributed by atoms with E-state index in [4.69, 9.17) is 11.5 Å². The molecule has 130 valence electrons. The van der Waals surface area contributed by atoms with Gasteiger partial charge in [0.1, 0.15) is 0 Å². The molecule has 6 N–H and O–H groups in total. The molecule has 26 heavy (non-hydrogen) atoms. The first-order valence-corrected chi connectivity index (χ1v) is 7.96. The smallest absolute Gasteiger partial charge is 0.257 e. The molecule has 0 spiro atoms. The van der Waals surface area contributed by atoms with Crippen molar-refractivity contribution in [3.63, 3.8) is 0 Å². The monoisotopic (exact) mass is 346 g/mol. The minimum Gasteiger partial charge on any atom is -0.398 e. The molecule has 0 fully saturated rings. The maximum absolute atomic E-state index is 12.2. The predicted octanol–water partition coefficient (Wildman–Crippen LogP) is 3.36. The Morgan fingerprint density at radius 3 is 1.27 bits per heavy atom. The fraction of sp³-hybridized carbons (Fsp3) is 0. The summed E-state index contributed by atoms with van der Waals surface area (Å²) >= 11 is 0. The summed E-state index contributed by atoms with van der Waals surface area (Å²) in [6.45, 7) is 0. The minimum absolute atomic E-state index is 0.294. The fourth-order valence-corrected chi connectivity index (χ4v) is 2.44. The van der Waals surface area contributed by atoms with E-state index < -0.39 is 0 Å². The standard InChI is InChI=1S/C20H18N4O2/c21-17-7-3-1-5-15(17)19(25)23-13-9-11-14(12-10-13)24-20(26)16-6-2-4-8-18(16)22/h1-12H,21-22H2,(H,23,25)(H,24,26). The number of nitrogens with two attached hydrogens (primary N) is 2. The van der Waals surface area contributed by atoms with Gasteiger partial charge in [-0.15, -0.1) is 0 Å². The molecule has 0 heterocycles. The van der Waals surface area contributed by atoms with Gasteiger partial charge in [-0.25, -0.2) is 0 Å². The second kappa shape index (κ2) is 7.40. The summed E-state index contributed by atoms with van der Waals surface area (Å²) in [5.41, 5.74) is 14.4. The van der Waals surface area contributed by atoms with E-state index in [2.05, 4.69) is 10.6 Å². The maximum Gasteiger partial charge on any atom is 0.257 e. The molecule has 6 heteroatoms. The molecular weight excluding hydrogens is 328 g/mol. The molecule has 0 atom stereocenters. The highest BCUT2D eigenvalue weighted by molar-refractivity contribution is 6.09. The second-order valence-corrected chi connectivity index (χ2v) is 5.66. The van der Waals surface area contributed by atoms with Crippen molar-refractivity contribution in [1.82, 2.24) is 0 Å². The molecule has 3 aromatic rings. The van der Waals surface area contributed by atoms with E-state index >= 15 is 0 Å². The van der Waals surface area contributed by atoms with E-state index in [1.165, 1.54) is 0 Å². The molecular formula is C20H18N4O2. The highest BCUT2D eigenvalue weighted by Crippen LogP contribution is 2.18. The van der Waals surface area contributed by atoms with Crippen molar-refractivity contribution in [1.29, 1.82) is 0 Å². The van der Waals surface area contributed by atoms with Crippen LogP contribution in [0.5, 0.6) is 0 Å². The van der Waals surface area contributed by atoms with Gasteiger partial charge >= 0.3 is 0 Å². The van der Waals surface area contributed by atoms with E-state index in [-0.39, 0.29) is 11.8 Å². The number of nitrogen functional groups attached to an aromatic ring is 2. The van der Waals surface area contributed by atoms with Crippen molar-refractivity contribution >= 4 is 34.6 Å². The minimum atomic E-state index is -0.294. The molecule has 0 aliphatic carbocycles. The third kappa shape index (κ3) is 3.81. The molecule has 0 aliphatic heterocycles. The summed E-state index contributed by atoms with van der Waals surface area (Å²) in [7, 11) is 0. The Morgan fingerprint density at radius 1 is 0.577 bits per heavy atom. The third-order valence-corrected chi connectivity index (χ3v) is 3.81. The van der Waals surface area contributed by atoms with Gasteiger partial charge in [0.2, 0.25) is 0 Å². The van der Waals surface area contributed by atoms with Crippen LogP contribution in [0.3, 0.4) is 0 Å². The Bertz CT molecular complexity index is 874. The summed E-state index contributed by atoms with van der Waals surface area (Å²) in [4.78, 5) is 24.5. The molecule has 0 saturated heterocycles. The highest BCUT2D eigenvalue weighted by Gasteiger charge is 2.11. The first kappa shape index (κ1) is 17.0. The summed E-state index contributed by atoms with van der Waals surface area (Å²) in [5.74, 6) is -0.589. The number of anilines is 4. The van der Waals surface area contributed by atoms with Gasteiger partial charge < -0.3 is 22.1 Å². The highest BCUT2D eigenvalue weighted by atomic mass is 16.2. The zero-order valence-electron chi connectivity index (χ0n) is 13.9. The Hall–Kier alpha value is -3.80. The number of hydrogen-bond donors (Lipinski definition) is 4. The summed E-state index contributed by atoms with van der Waals surface area (Å²) in [6, 6.07) is 20.5. The lowest BCUT2D eigenvalue weighted by Gasteiger charge is -2.10. The summed E-state index contributed by atoms with van der Waals surface area (Å²) in [5, 5.41) is 5.54. The fourth-order valence-electron chi connectivity index (χ4n) is 2.44. The van der Waals surface area contributed by atoms with Crippen LogP contribution in [0, 0.1) is 0 Å². The Balaban J connectivity index is 1.67. The van der Waals surface area contributed by atoms with Crippen LogP contribution in [0.4, 0.5) is 22.7 Å². The van der Waals surface area contributed by atoms with Gasteiger partial charge in [-0.3, -0.25) is 9.59 Å². The van der Waals surface area contributed by atoms with Crippen LogP contribution in [-0.4, -0.2) is 11.8 Å². The first-order valence-electron chi connectivity index (χ1n) is 7.96. The summed E-state index contributed by atoms with van der Waals surface area (Å²) in [6.07, 6.45) is 0. The van der Waals surface area contributed by atoms with Gasteiger partial charge in [0.05, 0.1) is 11.1 Å². The SMILES string of the molecule is Nc1ccccc1C(=O)Nc1ccc(NC(=O)c2ccccc2N)cc1. The van der Waals surface area contributed by atoms with Crippen LogP contribution in [-0.2, 0) is 0 Å². The van der Waals surface area contributed by atoms with E-state index in [0.29, 0.717) is 33.9 Å². The predicted molar refractivity (Wildman–Crippen MR) is 104 cm³/mol. The Morgan fingerprint density at radius 2 is 0.923 bits per heavy atom. The lowest BCUT2D eigenvalue weighted by molar-refractivity contribution is 0.101. The average molecular weight is 346 g/mol. The van der Waals surface area contributed by atoms with Crippen LogP contribution >= 0.6 is 0 Å². The zero-order valence-corrected chi connectivity index (χ0v) is 13.9. The van der Waals surface area contributed by atoms with Crippen molar-refractivity contribution in [2.24, 2.45) is 0 Å². The van der Waals surface area contributed by atoms with Gasteiger partial charge in [0.25, 0.3) is 11.8 Å². The van der Waals surface area contributed by atoms with Crippen molar-refractivity contribution in [3.05, 3.63) is 83.9 Å². The lowest BCUT2D eigenvalue weighted by atomic mass is 10.1. The van der Waals surface area contributed by atoms with E-state index in [1.54, 1.807) is 72.8 Å². The number of carbonyl (C=O) groups excluding carboxylic acids is 2. The Kier molecular flexibility index (Phi) is 4.85. The molecule has 0 aromatic heterocycles. The van der Waals surface area contributed by atoms with Crippen LogP contribution in [0.1, 0.15) is 20.7 Å². The normalized spacial score (nSPS) is 10.2. The van der Waals surface area contributed by atoms with E-state index in [1.807, 2.05) is 0 Å². The molecule has 3 aromatic carbocycles. The van der Waals surface area contributed by atoms with E-state index in [0.717, 1.165) is 0 Å². The molecule has 2 amide bonds. The van der Waals surface area contributed by atoms with Crippen LogP contribution in [0.25, 0.3) is 0 Å². The largest absolute Gasteiger partial charge is 0.398 e. The number of benzene rings is 3. The molecule has 0 unspecified atom stereocenters. The average Bonchev–Trinajstić information content (AvgIpc) is 2.64. The first-order chi connectivity index (χ1) is 12.5. The lowest BCUT2D eigenvalue weighted by Crippen LogP contribution is -2.15. The maximum atomic E-state index is 12.2. The topological polar surface area (TPSA) is 110 Å². The molecule has 0 radical (unpaired) electrons. The van der Waals surface area contributed by atoms with Crippen molar-refractivity contribution in [3.8, 4) is 0 Å². The molecule has 0 saturated carbocycles. The van der Waals surface area contributed by atoms with E-state index in [9.17, 15) is 9.59 Å². The number of hydrogen-bond acceptors (Lipinski definition) is 4. The van der Waals surface area contributed by atoms with Gasteiger partial charge in [0, 0.05) is 22.7 Å². The molecule has 0 bridgehead atoms. The third-order valence-electron chi connectivity index (χ3n) is 3.81. The Labute approximate surface area is 150 Å². The number of carbonyl (C=O) groups is 2. The van der Waals surface area contributed by atoms with Gasteiger partial charge in [-0.1, -0.05) is 24.3 Å². The van der Waals surface area contributed by atoms with Crippen LogP contribution < -0.4 is 22.1 Å².